The average Bonchev–Trinajstić information content (AvgIpc) is 2.81. The molecule has 0 saturated heterocycles. The molecule has 0 N–H and O–H groups in total. The maximum Gasteiger partial charge on any atom is 0.119 e. The highest BCUT2D eigenvalue weighted by atomic mass is 79.9. The monoisotopic (exact) mass is 302 g/mol. The zero-order valence-corrected chi connectivity index (χ0v) is 11.4. The lowest BCUT2D eigenvalue weighted by atomic mass is 10.3. The first-order chi connectivity index (χ1) is 8.76. The normalized spacial score (nSPS) is 10.8. The quantitative estimate of drug-likeness (QED) is 0.720. The summed E-state index contributed by atoms with van der Waals surface area (Å²) >= 11 is 3.46. The van der Waals surface area contributed by atoms with Crippen molar-refractivity contribution in [1.29, 1.82) is 0 Å². The molecule has 0 unspecified atom stereocenters. The van der Waals surface area contributed by atoms with Gasteiger partial charge in [-0.2, -0.15) is 5.10 Å². The Hall–Kier alpha value is -1.81. The van der Waals surface area contributed by atoms with E-state index in [4.69, 9.17) is 4.74 Å². The molecule has 2 aromatic carbocycles. The number of rotatable bonds is 2. The lowest BCUT2D eigenvalue weighted by Gasteiger charge is -2.02. The third-order valence-electron chi connectivity index (χ3n) is 2.80. The first-order valence-electron chi connectivity index (χ1n) is 5.55. The number of benzene rings is 2. The summed E-state index contributed by atoms with van der Waals surface area (Å²) in [6.07, 6.45) is 2.02. The van der Waals surface area contributed by atoms with Gasteiger partial charge < -0.3 is 4.74 Å². The third kappa shape index (κ3) is 1.99. The largest absolute Gasteiger partial charge is 0.497 e. The summed E-state index contributed by atoms with van der Waals surface area (Å²) in [4.78, 5) is 0. The number of fused-ring (bicyclic) bond motifs is 1. The van der Waals surface area contributed by atoms with E-state index in [0.717, 1.165) is 26.8 Å². The van der Waals surface area contributed by atoms with Crippen LogP contribution in [0.5, 0.6) is 5.75 Å². The van der Waals surface area contributed by atoms with Crippen LogP contribution in [0.3, 0.4) is 0 Å². The minimum Gasteiger partial charge on any atom is -0.497 e. The van der Waals surface area contributed by atoms with E-state index in [1.165, 1.54) is 0 Å². The summed E-state index contributed by atoms with van der Waals surface area (Å²) in [7, 11) is 1.66. The van der Waals surface area contributed by atoms with Gasteiger partial charge in [0, 0.05) is 16.1 Å². The molecule has 0 aliphatic rings. The molecule has 3 nitrogen and oxygen atoms in total. The van der Waals surface area contributed by atoms with Crippen molar-refractivity contribution < 1.29 is 4.74 Å². The Morgan fingerprint density at radius 2 is 1.89 bits per heavy atom. The van der Waals surface area contributed by atoms with Gasteiger partial charge >= 0.3 is 0 Å². The molecule has 0 aliphatic carbocycles. The van der Waals surface area contributed by atoms with E-state index < -0.39 is 0 Å². The van der Waals surface area contributed by atoms with Gasteiger partial charge in [0.2, 0.25) is 0 Å². The Balaban J connectivity index is 2.07. The molecule has 0 radical (unpaired) electrons. The molecule has 90 valence electrons. The van der Waals surface area contributed by atoms with E-state index in [1.54, 1.807) is 7.11 Å². The van der Waals surface area contributed by atoms with Gasteiger partial charge in [-0.05, 0) is 42.5 Å². The Bertz CT molecular complexity index is 689. The number of ether oxygens (including phenoxy) is 1. The van der Waals surface area contributed by atoms with Crippen molar-refractivity contribution in [3.8, 4) is 11.4 Å². The first kappa shape index (κ1) is 11.3. The van der Waals surface area contributed by atoms with Gasteiger partial charge in [0.05, 0.1) is 18.3 Å². The molecule has 0 bridgehead atoms. The van der Waals surface area contributed by atoms with E-state index in [-0.39, 0.29) is 0 Å². The predicted molar refractivity (Wildman–Crippen MR) is 75.3 cm³/mol. The van der Waals surface area contributed by atoms with Crippen LogP contribution in [0.4, 0.5) is 0 Å². The number of aromatic nitrogens is 2. The van der Waals surface area contributed by atoms with Crippen molar-refractivity contribution in [3.05, 3.63) is 53.1 Å². The molecule has 0 aliphatic heterocycles. The molecule has 0 spiro atoms. The zero-order chi connectivity index (χ0) is 12.5. The summed E-state index contributed by atoms with van der Waals surface area (Å²) < 4.78 is 8.07. The van der Waals surface area contributed by atoms with Crippen LogP contribution < -0.4 is 4.74 Å². The lowest BCUT2D eigenvalue weighted by Crippen LogP contribution is -1.93. The Morgan fingerprint density at radius 3 is 2.61 bits per heavy atom. The number of methoxy groups -OCH3 is 1. The first-order valence-corrected chi connectivity index (χ1v) is 6.35. The lowest BCUT2D eigenvalue weighted by molar-refractivity contribution is 0.414. The number of hydrogen-bond donors (Lipinski definition) is 0. The molecule has 0 saturated carbocycles. The number of nitrogens with zero attached hydrogens (tertiary/aromatic N) is 2. The summed E-state index contributed by atoms with van der Waals surface area (Å²) in [5, 5.41) is 5.65. The van der Waals surface area contributed by atoms with Crippen molar-refractivity contribution in [2.45, 2.75) is 0 Å². The van der Waals surface area contributed by atoms with Gasteiger partial charge in [-0.15, -0.1) is 0 Å². The number of hydrogen-bond acceptors (Lipinski definition) is 2. The van der Waals surface area contributed by atoms with Gasteiger partial charge in [-0.1, -0.05) is 15.9 Å². The van der Waals surface area contributed by atoms with E-state index in [2.05, 4.69) is 27.1 Å². The highest BCUT2D eigenvalue weighted by Gasteiger charge is 2.03. The molecule has 0 amide bonds. The molecule has 4 heteroatoms. The predicted octanol–water partition coefficient (Wildman–Crippen LogP) is 3.80. The molecular formula is C14H11BrN2O. The maximum absolute atomic E-state index is 5.14. The minimum atomic E-state index is 0.846. The standard InChI is InChI=1S/C14H11BrN2O/c1-18-13-5-3-12(4-6-13)17-9-10-8-11(15)2-7-14(10)16-17/h2-9H,1H3. The van der Waals surface area contributed by atoms with Gasteiger partial charge in [0.25, 0.3) is 0 Å². The second kappa shape index (κ2) is 4.46. The minimum absolute atomic E-state index is 0.846. The summed E-state index contributed by atoms with van der Waals surface area (Å²) in [5.41, 5.74) is 2.00. The molecule has 3 rings (SSSR count). The fraction of sp³-hybridized carbons (Fsp3) is 0.0714. The van der Waals surface area contributed by atoms with Crippen molar-refractivity contribution in [1.82, 2.24) is 9.78 Å². The van der Waals surface area contributed by atoms with Crippen LogP contribution in [0.25, 0.3) is 16.6 Å². The van der Waals surface area contributed by atoms with Crippen LogP contribution in [-0.2, 0) is 0 Å². The Kier molecular flexibility index (Phi) is 2.80. The van der Waals surface area contributed by atoms with E-state index in [0.29, 0.717) is 0 Å². The Morgan fingerprint density at radius 1 is 1.11 bits per heavy atom. The molecule has 18 heavy (non-hydrogen) atoms. The van der Waals surface area contributed by atoms with E-state index >= 15 is 0 Å². The van der Waals surface area contributed by atoms with Gasteiger partial charge in [0.15, 0.2) is 0 Å². The fourth-order valence-corrected chi connectivity index (χ4v) is 2.24. The second-order valence-electron chi connectivity index (χ2n) is 3.97. The topological polar surface area (TPSA) is 27.1 Å². The van der Waals surface area contributed by atoms with E-state index in [1.807, 2.05) is 47.3 Å². The van der Waals surface area contributed by atoms with Crippen LogP contribution in [0.15, 0.2) is 53.1 Å². The molecule has 1 aromatic heterocycles. The maximum atomic E-state index is 5.14. The molecule has 0 fully saturated rings. The molecular weight excluding hydrogens is 292 g/mol. The fourth-order valence-electron chi connectivity index (χ4n) is 1.86. The summed E-state index contributed by atoms with van der Waals surface area (Å²) in [5.74, 6) is 0.846. The number of halogens is 1. The smallest absolute Gasteiger partial charge is 0.119 e. The van der Waals surface area contributed by atoms with Crippen LogP contribution in [0.1, 0.15) is 0 Å². The molecule has 3 aromatic rings. The van der Waals surface area contributed by atoms with Crippen LogP contribution >= 0.6 is 15.9 Å². The summed E-state index contributed by atoms with van der Waals surface area (Å²) in [6.45, 7) is 0. The molecule has 1 heterocycles. The molecule has 0 atom stereocenters. The highest BCUT2D eigenvalue weighted by molar-refractivity contribution is 9.10. The third-order valence-corrected chi connectivity index (χ3v) is 3.30. The van der Waals surface area contributed by atoms with Crippen molar-refractivity contribution in [2.75, 3.05) is 7.11 Å². The average molecular weight is 303 g/mol. The van der Waals surface area contributed by atoms with Gasteiger partial charge in [-0.3, -0.25) is 0 Å². The van der Waals surface area contributed by atoms with Crippen LogP contribution in [0, 0.1) is 0 Å². The van der Waals surface area contributed by atoms with E-state index in [9.17, 15) is 0 Å². The SMILES string of the molecule is COc1ccc(-n2cc3cc(Br)ccc3n2)cc1. The zero-order valence-electron chi connectivity index (χ0n) is 9.80. The highest BCUT2D eigenvalue weighted by Crippen LogP contribution is 2.21. The van der Waals surface area contributed by atoms with Gasteiger partial charge in [0.1, 0.15) is 5.75 Å². The van der Waals surface area contributed by atoms with Gasteiger partial charge in [-0.25, -0.2) is 4.68 Å². The summed E-state index contributed by atoms with van der Waals surface area (Å²) in [6, 6.07) is 13.9. The van der Waals surface area contributed by atoms with Crippen molar-refractivity contribution in [3.63, 3.8) is 0 Å². The second-order valence-corrected chi connectivity index (χ2v) is 4.89. The van der Waals surface area contributed by atoms with Crippen molar-refractivity contribution in [2.24, 2.45) is 0 Å². The van der Waals surface area contributed by atoms with Crippen molar-refractivity contribution >= 4 is 26.8 Å². The van der Waals surface area contributed by atoms with Crippen LogP contribution in [0.2, 0.25) is 0 Å². The van der Waals surface area contributed by atoms with Crippen LogP contribution in [-0.4, -0.2) is 16.9 Å². The Labute approximate surface area is 113 Å².